The summed E-state index contributed by atoms with van der Waals surface area (Å²) in [4.78, 5) is 8.26. The van der Waals surface area contributed by atoms with Crippen LogP contribution in [0.2, 0.25) is 0 Å². The van der Waals surface area contributed by atoms with Crippen LogP contribution in [0.5, 0.6) is 0 Å². The van der Waals surface area contributed by atoms with Crippen molar-refractivity contribution in [1.29, 1.82) is 0 Å². The van der Waals surface area contributed by atoms with Crippen molar-refractivity contribution >= 4 is 18.6 Å². The zero-order chi connectivity index (χ0) is 4.41. The Morgan fingerprint density at radius 3 is 2.67 bits per heavy atom. The monoisotopic (exact) mass is 126 g/mol. The van der Waals surface area contributed by atoms with Gasteiger partial charge in [-0.25, -0.2) is 0 Å². The molecule has 1 saturated heterocycles. The molecular formula is H3O4PSi. The van der Waals surface area contributed by atoms with Crippen LogP contribution in [0, 0.1) is 0 Å². The van der Waals surface area contributed by atoms with Crippen molar-refractivity contribution in [3.63, 3.8) is 0 Å². The Balaban J connectivity index is 2.18. The molecule has 1 aliphatic rings. The van der Waals surface area contributed by atoms with Gasteiger partial charge in [-0.2, -0.15) is 4.67 Å². The number of rotatable bonds is 0. The van der Waals surface area contributed by atoms with Gasteiger partial charge in [-0.05, 0) is 0 Å². The topological polar surface area (TPSA) is 47.9 Å². The lowest BCUT2D eigenvalue weighted by atomic mass is 14.9. The van der Waals surface area contributed by atoms with E-state index in [9.17, 15) is 0 Å². The van der Waals surface area contributed by atoms with Gasteiger partial charge in [0.2, 0.25) is 0 Å². The van der Waals surface area contributed by atoms with Crippen molar-refractivity contribution in [1.82, 2.24) is 0 Å². The van der Waals surface area contributed by atoms with Crippen molar-refractivity contribution in [2.75, 3.05) is 0 Å². The molecule has 1 heterocycles. The summed E-state index contributed by atoms with van der Waals surface area (Å²) in [6, 6.07) is 0. The van der Waals surface area contributed by atoms with E-state index in [2.05, 4.69) is 13.5 Å². The maximum Gasteiger partial charge on any atom is 0.353 e. The molecule has 1 fully saturated rings. The highest BCUT2D eigenvalue weighted by atomic mass is 31.2. The van der Waals surface area contributed by atoms with Gasteiger partial charge >= 0.3 is 18.6 Å². The first-order chi connectivity index (χ1) is 2.89. The van der Waals surface area contributed by atoms with E-state index in [0.717, 1.165) is 0 Å². The minimum absolute atomic E-state index is 0.948. The Morgan fingerprint density at radius 1 is 1.67 bits per heavy atom. The summed E-state index contributed by atoms with van der Waals surface area (Å²) in [6.07, 6.45) is 0. The van der Waals surface area contributed by atoms with Gasteiger partial charge in [-0.3, -0.25) is 4.58 Å². The van der Waals surface area contributed by atoms with Crippen LogP contribution in [0.4, 0.5) is 0 Å². The fourth-order valence-electron chi connectivity index (χ4n) is 0.155. The van der Waals surface area contributed by atoms with Crippen LogP contribution in [0.3, 0.4) is 0 Å². The van der Waals surface area contributed by atoms with Crippen LogP contribution in [0.25, 0.3) is 0 Å². The summed E-state index contributed by atoms with van der Waals surface area (Å²) in [5.74, 6) is 0. The van der Waals surface area contributed by atoms with Gasteiger partial charge < -0.3 is 9.11 Å². The number of hydrogen-bond acceptors (Lipinski definition) is 4. The Kier molecular flexibility index (Phi) is 1.52. The largest absolute Gasteiger partial charge is 0.353 e. The minimum atomic E-state index is -1.63. The van der Waals surface area contributed by atoms with E-state index in [1.54, 1.807) is 0 Å². The zero-order valence-electron chi connectivity index (χ0n) is 2.83. The first-order valence-corrected chi connectivity index (χ1v) is 3.59. The van der Waals surface area contributed by atoms with E-state index in [0.29, 0.717) is 0 Å². The molecule has 0 bridgehead atoms. The van der Waals surface area contributed by atoms with Gasteiger partial charge in [0.25, 0.3) is 0 Å². The molecule has 36 valence electrons. The predicted molar refractivity (Wildman–Crippen MR) is 20.9 cm³/mol. The Bertz CT molecular complexity index is 40.8. The molecular weight excluding hydrogens is 123 g/mol. The molecule has 6 heteroatoms. The highest BCUT2D eigenvalue weighted by Crippen LogP contribution is 2.36. The molecule has 4 nitrogen and oxygen atoms in total. The quantitative estimate of drug-likeness (QED) is 0.262. The van der Waals surface area contributed by atoms with Crippen molar-refractivity contribution in [3.05, 3.63) is 0 Å². The predicted octanol–water partition coefficient (Wildman–Crippen LogP) is -0.817. The lowest BCUT2D eigenvalue weighted by Gasteiger charge is -1.87. The summed E-state index contributed by atoms with van der Waals surface area (Å²) in [6.45, 7) is 0. The lowest BCUT2D eigenvalue weighted by molar-refractivity contribution is -0.0850. The van der Waals surface area contributed by atoms with Crippen LogP contribution in [0.15, 0.2) is 0 Å². The molecule has 6 heavy (non-hydrogen) atoms. The van der Waals surface area contributed by atoms with Crippen LogP contribution in [-0.4, -0.2) is 14.9 Å². The highest BCUT2D eigenvalue weighted by molar-refractivity contribution is 7.42. The molecule has 1 N–H and O–H groups in total. The average Bonchev–Trinajstić information content (AvgIpc) is 1.86. The van der Waals surface area contributed by atoms with Gasteiger partial charge in [-0.15, -0.1) is 0 Å². The van der Waals surface area contributed by atoms with E-state index in [1.807, 2.05) is 0 Å². The standard InChI is InChI=1S/H3O4PSi/c1-5-2-3-6-4-5/h1H,6H2. The molecule has 0 amide bonds. The van der Waals surface area contributed by atoms with E-state index in [1.165, 1.54) is 0 Å². The second-order valence-electron chi connectivity index (χ2n) is 0.677. The smallest absolute Gasteiger partial charge is 0.328 e. The second kappa shape index (κ2) is 1.97. The summed E-state index contributed by atoms with van der Waals surface area (Å²) < 4.78 is 12.8. The average molecular weight is 126 g/mol. The van der Waals surface area contributed by atoms with E-state index in [4.69, 9.17) is 4.89 Å². The van der Waals surface area contributed by atoms with Gasteiger partial charge in [0.1, 0.15) is 0 Å². The van der Waals surface area contributed by atoms with Crippen molar-refractivity contribution in [2.45, 2.75) is 0 Å². The molecule has 0 aromatic rings. The third kappa shape index (κ3) is 0.973. The van der Waals surface area contributed by atoms with Crippen LogP contribution < -0.4 is 0 Å². The van der Waals surface area contributed by atoms with Gasteiger partial charge in [0.15, 0.2) is 0 Å². The minimum Gasteiger partial charge on any atom is -0.328 e. The molecule has 1 atom stereocenters. The molecule has 1 rings (SSSR count). The fourth-order valence-corrected chi connectivity index (χ4v) is 1.39. The third-order valence-corrected chi connectivity index (χ3v) is 2.28. The number of hydrogen-bond donors (Lipinski definition) is 1. The fraction of sp³-hybridized carbons (Fsp3) is 0. The van der Waals surface area contributed by atoms with Gasteiger partial charge in [0.05, 0.1) is 0 Å². The third-order valence-electron chi connectivity index (χ3n) is 0.328. The summed E-state index contributed by atoms with van der Waals surface area (Å²) >= 11 is 0. The Morgan fingerprint density at radius 2 is 2.50 bits per heavy atom. The second-order valence-corrected chi connectivity index (χ2v) is 2.81. The maximum atomic E-state index is 8.26. The molecule has 0 aromatic heterocycles. The summed E-state index contributed by atoms with van der Waals surface area (Å²) in [5, 5.41) is 0. The molecule has 0 saturated carbocycles. The Hall–Kier alpha value is 0.487. The zero-order valence-corrected chi connectivity index (χ0v) is 5.13. The van der Waals surface area contributed by atoms with Crippen LogP contribution >= 0.6 is 8.60 Å². The first-order valence-electron chi connectivity index (χ1n) is 1.31. The normalized spacial score (nSPS) is 38.5. The molecule has 1 aliphatic heterocycles. The molecule has 0 aliphatic carbocycles. The van der Waals surface area contributed by atoms with Crippen LogP contribution in [0.1, 0.15) is 0 Å². The lowest BCUT2D eigenvalue weighted by Crippen LogP contribution is -1.82. The van der Waals surface area contributed by atoms with E-state index < -0.39 is 18.6 Å². The summed E-state index contributed by atoms with van der Waals surface area (Å²) in [5.41, 5.74) is 0. The van der Waals surface area contributed by atoms with Crippen molar-refractivity contribution in [3.8, 4) is 0 Å². The van der Waals surface area contributed by atoms with Crippen molar-refractivity contribution in [2.24, 2.45) is 0 Å². The van der Waals surface area contributed by atoms with Crippen molar-refractivity contribution < 1.29 is 18.4 Å². The molecule has 1 unspecified atom stereocenters. The summed E-state index contributed by atoms with van der Waals surface area (Å²) in [7, 11) is -2.57. The molecule has 0 spiro atoms. The SMILES string of the molecule is OP1OO[SiH2]O1. The van der Waals surface area contributed by atoms with E-state index in [-0.39, 0.29) is 0 Å². The Labute approximate surface area is 38.0 Å². The van der Waals surface area contributed by atoms with Gasteiger partial charge in [0, 0.05) is 0 Å². The molecule has 0 radical (unpaired) electrons. The highest BCUT2D eigenvalue weighted by Gasteiger charge is 2.14. The molecule has 0 aromatic carbocycles. The first kappa shape index (κ1) is 4.64. The van der Waals surface area contributed by atoms with Gasteiger partial charge in [-0.1, -0.05) is 0 Å². The van der Waals surface area contributed by atoms with Crippen LogP contribution in [-0.2, 0) is 13.5 Å². The maximum absolute atomic E-state index is 8.26. The van der Waals surface area contributed by atoms with E-state index >= 15 is 0 Å².